The highest BCUT2D eigenvalue weighted by Crippen LogP contribution is 2.32. The predicted molar refractivity (Wildman–Crippen MR) is 122 cm³/mol. The second kappa shape index (κ2) is 8.78. The van der Waals surface area contributed by atoms with Crippen LogP contribution in [0.5, 0.6) is 0 Å². The molecule has 0 spiro atoms. The molecule has 8 nitrogen and oxygen atoms in total. The maximum atomic E-state index is 12.1. The average molecular weight is 440 g/mol. The number of nitrogens with one attached hydrogen (secondary N) is 2. The predicted octanol–water partition coefficient (Wildman–Crippen LogP) is 3.51. The molecule has 2 fully saturated rings. The van der Waals surface area contributed by atoms with Gasteiger partial charge in [-0.05, 0) is 56.0 Å². The number of ether oxygens (including phenoxy) is 1. The maximum Gasteiger partial charge on any atom is 0.253 e. The lowest BCUT2D eigenvalue weighted by Gasteiger charge is -2.26. The summed E-state index contributed by atoms with van der Waals surface area (Å²) in [5, 5.41) is 17.2. The molecule has 5 rings (SSSR count). The summed E-state index contributed by atoms with van der Waals surface area (Å²) in [7, 11) is 0. The number of hydrogen-bond acceptors (Lipinski definition) is 8. The molecule has 1 saturated heterocycles. The fourth-order valence-electron chi connectivity index (χ4n) is 4.05. The number of carbonyl (C=O) groups is 1. The maximum absolute atomic E-state index is 12.1. The van der Waals surface area contributed by atoms with Gasteiger partial charge in [-0.2, -0.15) is 0 Å². The first-order valence-electron chi connectivity index (χ1n) is 10.6. The number of fused-ring (bicyclic) bond motifs is 1. The van der Waals surface area contributed by atoms with Crippen molar-refractivity contribution in [2.45, 2.75) is 37.8 Å². The van der Waals surface area contributed by atoms with Gasteiger partial charge in [-0.15, -0.1) is 0 Å². The number of hydrogen-bond donors (Lipinski definition) is 3. The van der Waals surface area contributed by atoms with E-state index in [9.17, 15) is 9.90 Å². The number of aromatic nitrogens is 2. The van der Waals surface area contributed by atoms with E-state index in [4.69, 9.17) is 4.74 Å². The van der Waals surface area contributed by atoms with Crippen LogP contribution in [0.15, 0.2) is 36.4 Å². The standard InChI is InChI=1S/C22H25N5O3S/c28-16-7-4-14(5-8-16)23-19-2-1-3-20(25-19)26-22-24-17-9-6-15(12-18(17)31-22)27-10-11-30-13-21(27)29/h1-3,6,9,12,14,16,28H,4-5,7-8,10-11,13H2,(H2,23,24,25,26). The lowest BCUT2D eigenvalue weighted by molar-refractivity contribution is -0.125. The van der Waals surface area contributed by atoms with Crippen LogP contribution in [-0.2, 0) is 9.53 Å². The van der Waals surface area contributed by atoms with Crippen LogP contribution in [0.25, 0.3) is 10.2 Å². The molecule has 1 aliphatic heterocycles. The van der Waals surface area contributed by atoms with E-state index in [2.05, 4.69) is 20.6 Å². The molecule has 3 heterocycles. The first-order chi connectivity index (χ1) is 15.1. The first kappa shape index (κ1) is 20.2. The number of anilines is 4. The van der Waals surface area contributed by atoms with Gasteiger partial charge in [-0.3, -0.25) is 4.79 Å². The summed E-state index contributed by atoms with van der Waals surface area (Å²) in [6, 6.07) is 12.1. The van der Waals surface area contributed by atoms with Gasteiger partial charge >= 0.3 is 0 Å². The minimum absolute atomic E-state index is 0.0190. The molecule has 0 radical (unpaired) electrons. The van der Waals surface area contributed by atoms with Crippen molar-refractivity contribution in [2.24, 2.45) is 0 Å². The summed E-state index contributed by atoms with van der Waals surface area (Å²) in [5.74, 6) is 1.53. The molecule has 3 aromatic rings. The van der Waals surface area contributed by atoms with Crippen LogP contribution in [0.2, 0.25) is 0 Å². The Labute approximate surface area is 184 Å². The second-order valence-corrected chi connectivity index (χ2v) is 8.98. The number of amides is 1. The van der Waals surface area contributed by atoms with Gasteiger partial charge in [0.15, 0.2) is 5.13 Å². The highest BCUT2D eigenvalue weighted by atomic mass is 32.1. The van der Waals surface area contributed by atoms with Crippen molar-refractivity contribution in [3.63, 3.8) is 0 Å². The Bertz CT molecular complexity index is 1080. The zero-order valence-corrected chi connectivity index (χ0v) is 17.9. The molecular formula is C22H25N5O3S. The minimum Gasteiger partial charge on any atom is -0.393 e. The molecule has 0 unspecified atom stereocenters. The van der Waals surface area contributed by atoms with Crippen LogP contribution in [-0.4, -0.2) is 52.9 Å². The SMILES string of the molecule is O=C1COCCN1c1ccc2nc(Nc3cccc(NC4CCC(O)CC4)n3)sc2c1. The monoisotopic (exact) mass is 439 g/mol. The van der Waals surface area contributed by atoms with E-state index in [1.165, 1.54) is 11.3 Å². The number of nitrogens with zero attached hydrogens (tertiary/aromatic N) is 3. The van der Waals surface area contributed by atoms with Crippen LogP contribution < -0.4 is 15.5 Å². The molecule has 162 valence electrons. The van der Waals surface area contributed by atoms with E-state index < -0.39 is 0 Å². The fourth-order valence-corrected chi connectivity index (χ4v) is 4.96. The third-order valence-corrected chi connectivity index (χ3v) is 6.64. The summed E-state index contributed by atoms with van der Waals surface area (Å²) in [6.07, 6.45) is 3.40. The number of pyridine rings is 1. The summed E-state index contributed by atoms with van der Waals surface area (Å²) in [5.41, 5.74) is 1.75. The summed E-state index contributed by atoms with van der Waals surface area (Å²) in [4.78, 5) is 23.2. The van der Waals surface area contributed by atoms with Crippen molar-refractivity contribution in [1.82, 2.24) is 9.97 Å². The zero-order chi connectivity index (χ0) is 21.2. The van der Waals surface area contributed by atoms with Gasteiger partial charge in [-0.25, -0.2) is 9.97 Å². The van der Waals surface area contributed by atoms with Gasteiger partial charge in [0.1, 0.15) is 18.2 Å². The number of aliphatic hydroxyl groups excluding tert-OH is 1. The third kappa shape index (κ3) is 4.63. The molecule has 1 saturated carbocycles. The Balaban J connectivity index is 1.29. The van der Waals surface area contributed by atoms with E-state index in [1.54, 1.807) is 4.90 Å². The Morgan fingerprint density at radius 3 is 2.77 bits per heavy atom. The molecule has 3 N–H and O–H groups in total. The number of aliphatic hydroxyl groups is 1. The summed E-state index contributed by atoms with van der Waals surface area (Å²) < 4.78 is 6.23. The van der Waals surface area contributed by atoms with Gasteiger partial charge < -0.3 is 25.4 Å². The van der Waals surface area contributed by atoms with Crippen LogP contribution in [0.1, 0.15) is 25.7 Å². The Morgan fingerprint density at radius 2 is 1.94 bits per heavy atom. The molecule has 0 atom stereocenters. The minimum atomic E-state index is -0.167. The zero-order valence-electron chi connectivity index (χ0n) is 17.1. The number of thiazole rings is 1. The van der Waals surface area contributed by atoms with Crippen molar-refractivity contribution in [1.29, 1.82) is 0 Å². The Hall–Kier alpha value is -2.75. The molecule has 31 heavy (non-hydrogen) atoms. The smallest absolute Gasteiger partial charge is 0.253 e. The highest BCUT2D eigenvalue weighted by molar-refractivity contribution is 7.22. The quantitative estimate of drug-likeness (QED) is 0.559. The number of carbonyl (C=O) groups excluding carboxylic acids is 1. The van der Waals surface area contributed by atoms with Gasteiger partial charge in [0.25, 0.3) is 5.91 Å². The molecule has 2 aromatic heterocycles. The summed E-state index contributed by atoms with van der Waals surface area (Å²) in [6.45, 7) is 1.25. The molecule has 1 aliphatic carbocycles. The molecule has 1 amide bonds. The van der Waals surface area contributed by atoms with Crippen molar-refractivity contribution in [3.05, 3.63) is 36.4 Å². The summed E-state index contributed by atoms with van der Waals surface area (Å²) >= 11 is 1.53. The second-order valence-electron chi connectivity index (χ2n) is 7.95. The van der Waals surface area contributed by atoms with Crippen molar-refractivity contribution in [2.75, 3.05) is 35.3 Å². The van der Waals surface area contributed by atoms with E-state index in [1.807, 2.05) is 36.4 Å². The van der Waals surface area contributed by atoms with Crippen LogP contribution in [0.3, 0.4) is 0 Å². The van der Waals surface area contributed by atoms with Crippen molar-refractivity contribution >= 4 is 49.9 Å². The number of rotatable bonds is 5. The van der Waals surface area contributed by atoms with E-state index in [0.29, 0.717) is 19.2 Å². The van der Waals surface area contributed by atoms with Gasteiger partial charge in [0.2, 0.25) is 0 Å². The van der Waals surface area contributed by atoms with E-state index >= 15 is 0 Å². The molecule has 1 aromatic carbocycles. The molecule has 0 bridgehead atoms. The molecular weight excluding hydrogens is 414 g/mol. The first-order valence-corrected chi connectivity index (χ1v) is 11.4. The number of morpholine rings is 1. The van der Waals surface area contributed by atoms with Gasteiger partial charge in [0.05, 0.1) is 22.9 Å². The molecule has 9 heteroatoms. The van der Waals surface area contributed by atoms with Crippen LogP contribution in [0, 0.1) is 0 Å². The largest absolute Gasteiger partial charge is 0.393 e. The molecule has 2 aliphatic rings. The average Bonchev–Trinajstić information content (AvgIpc) is 3.17. The third-order valence-electron chi connectivity index (χ3n) is 5.70. The fraction of sp³-hybridized carbons (Fsp3) is 0.409. The topological polar surface area (TPSA) is 99.6 Å². The van der Waals surface area contributed by atoms with Crippen molar-refractivity contribution in [3.8, 4) is 0 Å². The lowest BCUT2D eigenvalue weighted by atomic mass is 9.93. The van der Waals surface area contributed by atoms with E-state index in [-0.39, 0.29) is 18.6 Å². The Morgan fingerprint density at radius 1 is 1.10 bits per heavy atom. The van der Waals surface area contributed by atoms with Gasteiger partial charge in [-0.1, -0.05) is 17.4 Å². The Kier molecular flexibility index (Phi) is 5.71. The lowest BCUT2D eigenvalue weighted by Crippen LogP contribution is -2.41. The van der Waals surface area contributed by atoms with Crippen LogP contribution in [0.4, 0.5) is 22.5 Å². The van der Waals surface area contributed by atoms with Crippen molar-refractivity contribution < 1.29 is 14.6 Å². The highest BCUT2D eigenvalue weighted by Gasteiger charge is 2.21. The van der Waals surface area contributed by atoms with Crippen LogP contribution >= 0.6 is 11.3 Å². The van der Waals surface area contributed by atoms with Gasteiger partial charge in [0, 0.05) is 18.3 Å². The number of benzene rings is 1. The normalized spacial score (nSPS) is 22.0. The van der Waals surface area contributed by atoms with E-state index in [0.717, 1.165) is 58.4 Å².